The van der Waals surface area contributed by atoms with Gasteiger partial charge in [0, 0.05) is 25.2 Å². The lowest BCUT2D eigenvalue weighted by atomic mass is 10.1. The molecule has 33 heavy (non-hydrogen) atoms. The molecule has 0 spiro atoms. The van der Waals surface area contributed by atoms with Gasteiger partial charge in [-0.05, 0) is 54.5 Å². The molecule has 0 radical (unpaired) electrons. The van der Waals surface area contributed by atoms with E-state index in [0.717, 1.165) is 35.2 Å². The van der Waals surface area contributed by atoms with E-state index in [1.165, 1.54) is 19.2 Å². The summed E-state index contributed by atoms with van der Waals surface area (Å²) in [5, 5.41) is 15.5. The molecule has 2 aromatic rings. The third-order valence-electron chi connectivity index (χ3n) is 5.68. The fourth-order valence-corrected chi connectivity index (χ4v) is 3.86. The Morgan fingerprint density at radius 1 is 1.24 bits per heavy atom. The van der Waals surface area contributed by atoms with E-state index in [0.29, 0.717) is 24.2 Å². The summed E-state index contributed by atoms with van der Waals surface area (Å²) in [6, 6.07) is 5.01. The van der Waals surface area contributed by atoms with Crippen LogP contribution in [0.2, 0.25) is 0 Å². The average molecular weight is 483 g/mol. The van der Waals surface area contributed by atoms with Gasteiger partial charge in [-0.3, -0.25) is 9.10 Å². The SMILES string of the molecule is C[C@H]1C[C@@H]1CNc1cc(C(=O)N[C@H](CO)Cc2cc(F)cc(F)c2)cc(N(C)S(C)(=O)=O)n1. The van der Waals surface area contributed by atoms with Crippen LogP contribution in [0.3, 0.4) is 0 Å². The highest BCUT2D eigenvalue weighted by Gasteiger charge is 2.32. The van der Waals surface area contributed by atoms with Crippen LogP contribution >= 0.6 is 0 Å². The van der Waals surface area contributed by atoms with Gasteiger partial charge in [0.05, 0.1) is 18.9 Å². The number of pyridine rings is 1. The summed E-state index contributed by atoms with van der Waals surface area (Å²) in [6.07, 6.45) is 2.12. The summed E-state index contributed by atoms with van der Waals surface area (Å²) < 4.78 is 51.9. The predicted molar refractivity (Wildman–Crippen MR) is 122 cm³/mol. The Hall–Kier alpha value is -2.79. The lowest BCUT2D eigenvalue weighted by Crippen LogP contribution is -2.39. The van der Waals surface area contributed by atoms with Crippen molar-refractivity contribution in [2.75, 3.05) is 36.1 Å². The Labute approximate surface area is 192 Å². The zero-order valence-electron chi connectivity index (χ0n) is 18.7. The van der Waals surface area contributed by atoms with E-state index in [2.05, 4.69) is 22.5 Å². The Balaban J connectivity index is 1.81. The van der Waals surface area contributed by atoms with E-state index in [1.54, 1.807) is 0 Å². The second-order valence-electron chi connectivity index (χ2n) is 8.52. The normalized spacial score (nSPS) is 18.5. The molecule has 1 saturated carbocycles. The monoisotopic (exact) mass is 482 g/mol. The van der Waals surface area contributed by atoms with Crippen LogP contribution in [0.15, 0.2) is 30.3 Å². The first-order chi connectivity index (χ1) is 15.5. The molecule has 0 bridgehead atoms. The molecule has 3 atom stereocenters. The first kappa shape index (κ1) is 24.8. The number of aliphatic hydroxyl groups excluding tert-OH is 1. The molecular weight excluding hydrogens is 454 g/mol. The smallest absolute Gasteiger partial charge is 0.251 e. The van der Waals surface area contributed by atoms with Gasteiger partial charge in [0.25, 0.3) is 5.91 Å². The summed E-state index contributed by atoms with van der Waals surface area (Å²) in [6.45, 7) is 2.31. The molecule has 1 aliphatic rings. The molecule has 1 aromatic heterocycles. The fourth-order valence-electron chi connectivity index (χ4n) is 3.43. The molecule has 180 valence electrons. The van der Waals surface area contributed by atoms with E-state index >= 15 is 0 Å². The molecular formula is C22H28F2N4O4S. The topological polar surface area (TPSA) is 112 Å². The molecule has 1 fully saturated rings. The summed E-state index contributed by atoms with van der Waals surface area (Å²) in [5.41, 5.74) is 0.408. The van der Waals surface area contributed by atoms with E-state index in [4.69, 9.17) is 0 Å². The zero-order chi connectivity index (χ0) is 24.3. The molecule has 3 N–H and O–H groups in total. The van der Waals surface area contributed by atoms with Gasteiger partial charge in [0.1, 0.15) is 23.3 Å². The van der Waals surface area contributed by atoms with Gasteiger partial charge in [-0.1, -0.05) is 6.92 Å². The maximum atomic E-state index is 13.5. The van der Waals surface area contributed by atoms with Crippen molar-refractivity contribution in [3.63, 3.8) is 0 Å². The van der Waals surface area contributed by atoms with E-state index in [9.17, 15) is 27.1 Å². The van der Waals surface area contributed by atoms with Crippen molar-refractivity contribution < 1.29 is 27.1 Å². The Bertz CT molecular complexity index is 1110. The van der Waals surface area contributed by atoms with Gasteiger partial charge in [0.2, 0.25) is 10.0 Å². The van der Waals surface area contributed by atoms with Gasteiger partial charge < -0.3 is 15.7 Å². The number of nitrogens with one attached hydrogen (secondary N) is 2. The molecule has 1 aromatic carbocycles. The summed E-state index contributed by atoms with van der Waals surface area (Å²) >= 11 is 0. The number of carbonyl (C=O) groups is 1. The number of amides is 1. The second kappa shape index (κ2) is 10.0. The first-order valence-corrected chi connectivity index (χ1v) is 12.4. The molecule has 0 unspecified atom stereocenters. The number of carbonyl (C=O) groups excluding carboxylic acids is 1. The van der Waals surface area contributed by atoms with Crippen LogP contribution in [0.5, 0.6) is 0 Å². The summed E-state index contributed by atoms with van der Waals surface area (Å²) in [4.78, 5) is 17.2. The van der Waals surface area contributed by atoms with Gasteiger partial charge in [-0.2, -0.15) is 0 Å². The second-order valence-corrected chi connectivity index (χ2v) is 10.5. The standard InChI is InChI=1S/C22H28F2N4O4S/c1-13-4-16(13)11-25-20-8-15(9-21(27-20)28(2)33(3,31)32)22(30)26-19(12-29)7-14-5-17(23)10-18(24)6-14/h5-6,8-10,13,16,19,29H,4,7,11-12H2,1-3H3,(H,25,27)(H,26,30)/t13-,16+,19-/m0/s1. The highest BCUT2D eigenvalue weighted by atomic mass is 32.2. The maximum absolute atomic E-state index is 13.5. The highest BCUT2D eigenvalue weighted by molar-refractivity contribution is 7.92. The van der Waals surface area contributed by atoms with E-state index in [-0.39, 0.29) is 23.4 Å². The van der Waals surface area contributed by atoms with Crippen LogP contribution in [0.1, 0.15) is 29.3 Å². The van der Waals surface area contributed by atoms with Crippen molar-refractivity contribution in [2.45, 2.75) is 25.8 Å². The van der Waals surface area contributed by atoms with E-state index < -0.39 is 40.2 Å². The molecule has 8 nitrogen and oxygen atoms in total. The third kappa shape index (κ3) is 6.84. The third-order valence-corrected chi connectivity index (χ3v) is 6.86. The lowest BCUT2D eigenvalue weighted by molar-refractivity contribution is 0.0916. The van der Waals surface area contributed by atoms with Gasteiger partial charge in [-0.25, -0.2) is 22.2 Å². The van der Waals surface area contributed by atoms with Crippen LogP contribution in [0.25, 0.3) is 0 Å². The molecule has 11 heteroatoms. The Morgan fingerprint density at radius 2 is 1.88 bits per heavy atom. The predicted octanol–water partition coefficient (Wildman–Crippen LogP) is 2.16. The number of aliphatic hydroxyl groups is 1. The summed E-state index contributed by atoms with van der Waals surface area (Å²) in [5.74, 6) is -0.595. The molecule has 3 rings (SSSR count). The molecule has 0 saturated heterocycles. The van der Waals surface area contributed by atoms with Crippen molar-refractivity contribution in [1.29, 1.82) is 0 Å². The van der Waals surface area contributed by atoms with E-state index in [1.807, 2.05) is 0 Å². The number of nitrogens with zero attached hydrogens (tertiary/aromatic N) is 2. The van der Waals surface area contributed by atoms with Gasteiger partial charge in [-0.15, -0.1) is 0 Å². The van der Waals surface area contributed by atoms with Crippen LogP contribution in [0.4, 0.5) is 20.4 Å². The minimum atomic E-state index is -3.62. The van der Waals surface area contributed by atoms with Gasteiger partial charge >= 0.3 is 0 Å². The molecule has 1 aliphatic carbocycles. The number of halogens is 2. The minimum Gasteiger partial charge on any atom is -0.394 e. The van der Waals surface area contributed by atoms with Crippen LogP contribution < -0.4 is 14.9 Å². The number of aromatic nitrogens is 1. The molecule has 1 heterocycles. The Kier molecular flexibility index (Phi) is 7.53. The average Bonchev–Trinajstić information content (AvgIpc) is 3.44. The quantitative estimate of drug-likeness (QED) is 0.479. The molecule has 0 aliphatic heterocycles. The van der Waals surface area contributed by atoms with Crippen molar-refractivity contribution in [3.8, 4) is 0 Å². The maximum Gasteiger partial charge on any atom is 0.251 e. The van der Waals surface area contributed by atoms with Crippen molar-refractivity contribution >= 4 is 27.6 Å². The number of hydrogen-bond acceptors (Lipinski definition) is 6. The number of hydrogen-bond donors (Lipinski definition) is 3. The van der Waals surface area contributed by atoms with Crippen LogP contribution in [-0.2, 0) is 16.4 Å². The number of sulfonamides is 1. The van der Waals surface area contributed by atoms with Gasteiger partial charge in [0.15, 0.2) is 0 Å². The fraction of sp³-hybridized carbons (Fsp3) is 0.455. The minimum absolute atomic E-state index is 0.00276. The number of rotatable bonds is 10. The van der Waals surface area contributed by atoms with Crippen molar-refractivity contribution in [1.82, 2.24) is 10.3 Å². The number of benzene rings is 1. The lowest BCUT2D eigenvalue weighted by Gasteiger charge is -2.20. The van der Waals surface area contributed by atoms with Crippen molar-refractivity contribution in [2.24, 2.45) is 11.8 Å². The summed E-state index contributed by atoms with van der Waals surface area (Å²) in [7, 11) is -2.28. The number of anilines is 2. The zero-order valence-corrected chi connectivity index (χ0v) is 19.5. The highest BCUT2D eigenvalue weighted by Crippen LogP contribution is 2.37. The first-order valence-electron chi connectivity index (χ1n) is 10.5. The largest absolute Gasteiger partial charge is 0.394 e. The van der Waals surface area contributed by atoms with Crippen molar-refractivity contribution in [3.05, 3.63) is 53.1 Å². The van der Waals surface area contributed by atoms with Crippen LogP contribution in [0, 0.1) is 23.5 Å². The molecule has 1 amide bonds. The Morgan fingerprint density at radius 3 is 2.42 bits per heavy atom. The van der Waals surface area contributed by atoms with Crippen LogP contribution in [-0.4, -0.2) is 56.9 Å².